The first-order chi connectivity index (χ1) is 7.92. The molecule has 1 saturated heterocycles. The quantitative estimate of drug-likeness (QED) is 0.837. The molecule has 1 aromatic heterocycles. The molecule has 0 radical (unpaired) electrons. The Kier molecular flexibility index (Phi) is 2.96. The van der Waals surface area contributed by atoms with Gasteiger partial charge in [-0.1, -0.05) is 6.42 Å². The summed E-state index contributed by atoms with van der Waals surface area (Å²) in [5.74, 6) is 3.04. The second kappa shape index (κ2) is 4.58. The summed E-state index contributed by atoms with van der Waals surface area (Å²) in [5.41, 5.74) is 0. The highest BCUT2D eigenvalue weighted by atomic mass is 15.1. The lowest BCUT2D eigenvalue weighted by molar-refractivity contribution is 0.272. The highest BCUT2D eigenvalue weighted by Gasteiger charge is 2.21. The van der Waals surface area contributed by atoms with E-state index in [9.17, 15) is 0 Å². The lowest BCUT2D eigenvalue weighted by Gasteiger charge is -2.26. The zero-order valence-corrected chi connectivity index (χ0v) is 9.86. The van der Waals surface area contributed by atoms with E-state index in [4.69, 9.17) is 0 Å². The Morgan fingerprint density at radius 3 is 2.94 bits per heavy atom. The topological polar surface area (TPSA) is 29.9 Å². The molecular formula is C13H21N3. The number of hydrogen-bond acceptors (Lipinski definition) is 2. The van der Waals surface area contributed by atoms with Gasteiger partial charge in [0.2, 0.25) is 0 Å². The molecule has 3 rings (SSSR count). The normalized spacial score (nSPS) is 25.9. The van der Waals surface area contributed by atoms with E-state index >= 15 is 0 Å². The number of imidazole rings is 1. The van der Waals surface area contributed by atoms with E-state index in [-0.39, 0.29) is 0 Å². The van der Waals surface area contributed by atoms with Crippen molar-refractivity contribution in [1.82, 2.24) is 14.9 Å². The molecular weight excluding hydrogens is 198 g/mol. The van der Waals surface area contributed by atoms with Crippen molar-refractivity contribution >= 4 is 0 Å². The van der Waals surface area contributed by atoms with Crippen LogP contribution in [-0.4, -0.2) is 22.6 Å². The molecule has 1 N–H and O–H groups in total. The van der Waals surface area contributed by atoms with Gasteiger partial charge in [0.05, 0.1) is 0 Å². The van der Waals surface area contributed by atoms with Gasteiger partial charge in [-0.2, -0.15) is 0 Å². The monoisotopic (exact) mass is 219 g/mol. The van der Waals surface area contributed by atoms with E-state index in [1.807, 2.05) is 6.20 Å². The SMILES string of the molecule is c1cn(CC2CCC2)c(CC2CCNC2)n1. The zero-order valence-electron chi connectivity index (χ0n) is 9.86. The lowest BCUT2D eigenvalue weighted by Crippen LogP contribution is -2.20. The van der Waals surface area contributed by atoms with Crippen molar-refractivity contribution in [3.63, 3.8) is 0 Å². The predicted octanol–water partition coefficient (Wildman–Crippen LogP) is 1.84. The maximum absolute atomic E-state index is 4.53. The fraction of sp³-hybridized carbons (Fsp3) is 0.769. The van der Waals surface area contributed by atoms with Gasteiger partial charge in [0, 0.05) is 25.4 Å². The minimum Gasteiger partial charge on any atom is -0.335 e. The van der Waals surface area contributed by atoms with Crippen LogP contribution in [0.4, 0.5) is 0 Å². The van der Waals surface area contributed by atoms with Crippen LogP contribution in [0, 0.1) is 11.8 Å². The van der Waals surface area contributed by atoms with Crippen molar-refractivity contribution in [2.45, 2.75) is 38.6 Å². The molecule has 2 heterocycles. The first kappa shape index (κ1) is 10.3. The van der Waals surface area contributed by atoms with Crippen LogP contribution in [0.15, 0.2) is 12.4 Å². The Morgan fingerprint density at radius 1 is 1.31 bits per heavy atom. The van der Waals surface area contributed by atoms with E-state index in [1.165, 1.54) is 51.1 Å². The summed E-state index contributed by atoms with van der Waals surface area (Å²) in [5, 5.41) is 3.43. The Balaban J connectivity index is 1.61. The summed E-state index contributed by atoms with van der Waals surface area (Å²) < 4.78 is 2.39. The first-order valence-corrected chi connectivity index (χ1v) is 6.62. The van der Waals surface area contributed by atoms with E-state index in [0.717, 1.165) is 18.3 Å². The minimum absolute atomic E-state index is 0.808. The van der Waals surface area contributed by atoms with Crippen molar-refractivity contribution in [3.8, 4) is 0 Å². The van der Waals surface area contributed by atoms with Gasteiger partial charge in [0.1, 0.15) is 5.82 Å². The van der Waals surface area contributed by atoms with Crippen LogP contribution in [0.3, 0.4) is 0 Å². The molecule has 0 bridgehead atoms. The molecule has 1 aromatic rings. The fourth-order valence-corrected chi connectivity index (χ4v) is 2.80. The maximum atomic E-state index is 4.53. The van der Waals surface area contributed by atoms with Gasteiger partial charge < -0.3 is 9.88 Å². The molecule has 1 aliphatic carbocycles. The summed E-state index contributed by atoms with van der Waals surface area (Å²) in [6.07, 6.45) is 10.9. The standard InChI is InChI=1S/C13H21N3/c1-2-11(3-1)10-16-7-6-15-13(16)8-12-4-5-14-9-12/h6-7,11-12,14H,1-5,8-10H2. The second-order valence-electron chi connectivity index (χ2n) is 5.36. The molecule has 16 heavy (non-hydrogen) atoms. The van der Waals surface area contributed by atoms with Crippen LogP contribution < -0.4 is 5.32 Å². The van der Waals surface area contributed by atoms with E-state index < -0.39 is 0 Å². The van der Waals surface area contributed by atoms with Gasteiger partial charge in [0.15, 0.2) is 0 Å². The minimum atomic E-state index is 0.808. The Bertz CT molecular complexity index is 335. The molecule has 0 spiro atoms. The summed E-state index contributed by atoms with van der Waals surface area (Å²) in [4.78, 5) is 4.53. The smallest absolute Gasteiger partial charge is 0.108 e. The molecule has 0 amide bonds. The molecule has 3 heteroatoms. The van der Waals surface area contributed by atoms with Crippen LogP contribution in [0.2, 0.25) is 0 Å². The molecule has 1 aliphatic heterocycles. The molecule has 88 valence electrons. The first-order valence-electron chi connectivity index (χ1n) is 6.62. The van der Waals surface area contributed by atoms with Gasteiger partial charge in [-0.25, -0.2) is 4.98 Å². The highest BCUT2D eigenvalue weighted by molar-refractivity contribution is 4.96. The van der Waals surface area contributed by atoms with E-state index in [2.05, 4.69) is 21.1 Å². The molecule has 0 aromatic carbocycles. The molecule has 3 nitrogen and oxygen atoms in total. The van der Waals surface area contributed by atoms with Gasteiger partial charge in [0.25, 0.3) is 0 Å². The predicted molar refractivity (Wildman–Crippen MR) is 64.2 cm³/mol. The third-order valence-corrected chi connectivity index (χ3v) is 4.11. The maximum Gasteiger partial charge on any atom is 0.108 e. The van der Waals surface area contributed by atoms with Crippen LogP contribution in [0.25, 0.3) is 0 Å². The van der Waals surface area contributed by atoms with Crippen LogP contribution >= 0.6 is 0 Å². The number of hydrogen-bond donors (Lipinski definition) is 1. The van der Waals surface area contributed by atoms with Crippen molar-refractivity contribution in [2.24, 2.45) is 11.8 Å². The number of rotatable bonds is 4. The molecule has 2 aliphatic rings. The number of nitrogens with one attached hydrogen (secondary N) is 1. The average molecular weight is 219 g/mol. The van der Waals surface area contributed by atoms with Crippen molar-refractivity contribution < 1.29 is 0 Å². The largest absolute Gasteiger partial charge is 0.335 e. The van der Waals surface area contributed by atoms with Crippen molar-refractivity contribution in [3.05, 3.63) is 18.2 Å². The molecule has 1 atom stereocenters. The molecule has 2 fully saturated rings. The number of aromatic nitrogens is 2. The summed E-state index contributed by atoms with van der Waals surface area (Å²) in [7, 11) is 0. The Hall–Kier alpha value is -0.830. The van der Waals surface area contributed by atoms with Gasteiger partial charge in [-0.3, -0.25) is 0 Å². The number of nitrogens with zero attached hydrogens (tertiary/aromatic N) is 2. The summed E-state index contributed by atoms with van der Waals surface area (Å²) in [6.45, 7) is 3.57. The average Bonchev–Trinajstić information content (AvgIpc) is 2.84. The molecule has 1 saturated carbocycles. The van der Waals surface area contributed by atoms with Crippen LogP contribution in [0.5, 0.6) is 0 Å². The van der Waals surface area contributed by atoms with Gasteiger partial charge in [-0.15, -0.1) is 0 Å². The Morgan fingerprint density at radius 2 is 2.25 bits per heavy atom. The van der Waals surface area contributed by atoms with Crippen molar-refractivity contribution in [1.29, 1.82) is 0 Å². The van der Waals surface area contributed by atoms with E-state index in [0.29, 0.717) is 0 Å². The van der Waals surface area contributed by atoms with Gasteiger partial charge >= 0.3 is 0 Å². The highest BCUT2D eigenvalue weighted by Crippen LogP contribution is 2.28. The molecule has 1 unspecified atom stereocenters. The van der Waals surface area contributed by atoms with Crippen LogP contribution in [-0.2, 0) is 13.0 Å². The third-order valence-electron chi connectivity index (χ3n) is 4.11. The summed E-state index contributed by atoms with van der Waals surface area (Å²) >= 11 is 0. The second-order valence-corrected chi connectivity index (χ2v) is 5.36. The van der Waals surface area contributed by atoms with Crippen LogP contribution in [0.1, 0.15) is 31.5 Å². The fourth-order valence-electron chi connectivity index (χ4n) is 2.80. The zero-order chi connectivity index (χ0) is 10.8. The Labute approximate surface area is 97.3 Å². The van der Waals surface area contributed by atoms with E-state index in [1.54, 1.807) is 0 Å². The third kappa shape index (κ3) is 2.14. The summed E-state index contributed by atoms with van der Waals surface area (Å²) in [6, 6.07) is 0. The lowest BCUT2D eigenvalue weighted by atomic mass is 9.85. The van der Waals surface area contributed by atoms with Crippen molar-refractivity contribution in [2.75, 3.05) is 13.1 Å². The van der Waals surface area contributed by atoms with Gasteiger partial charge in [-0.05, 0) is 44.2 Å².